The van der Waals surface area contributed by atoms with Crippen molar-refractivity contribution in [3.63, 3.8) is 0 Å². The number of thioether (sulfide) groups is 1. The van der Waals surface area contributed by atoms with Gasteiger partial charge in [-0.25, -0.2) is 0 Å². The van der Waals surface area contributed by atoms with E-state index in [9.17, 15) is 9.59 Å². The van der Waals surface area contributed by atoms with Crippen LogP contribution in [-0.2, 0) is 22.4 Å². The molecule has 0 atom stereocenters. The highest BCUT2D eigenvalue weighted by molar-refractivity contribution is 7.98. The molecule has 10 heteroatoms. The number of carbonyl (C=O) groups is 2. The van der Waals surface area contributed by atoms with Crippen molar-refractivity contribution in [2.75, 3.05) is 6.54 Å². The first-order valence-electron chi connectivity index (χ1n) is 8.41. The fourth-order valence-corrected chi connectivity index (χ4v) is 4.06. The summed E-state index contributed by atoms with van der Waals surface area (Å²) in [4.78, 5) is 27.4. The smallest absolute Gasteiger partial charge is 0.265 e. The number of carbonyl (C=O) groups excluding carboxylic acids is 2. The Morgan fingerprint density at radius 3 is 2.62 bits per heavy atom. The van der Waals surface area contributed by atoms with Crippen LogP contribution in [0.4, 0.5) is 0 Å². The SMILES string of the molecule is C=CCN1C(=O)/C(=C/c2c(CSc3ccc(Cl)cc3)nn(C)c2Cl)C(=O)NC1=S. The molecule has 1 aliphatic heterocycles. The Labute approximate surface area is 187 Å². The first-order chi connectivity index (χ1) is 13.8. The standard InChI is InChI=1S/C19H16Cl2N4O2S2/c1-3-8-25-18(27)14(17(26)22-19(25)28)9-13-15(23-24(2)16(13)21)10-29-12-6-4-11(20)5-7-12/h3-7,9H,1,8,10H2,2H3,(H,22,26,28)/b14-9+. The van der Waals surface area contributed by atoms with Gasteiger partial charge in [0, 0.05) is 34.8 Å². The van der Waals surface area contributed by atoms with Crippen LogP contribution in [-0.4, -0.2) is 38.2 Å². The van der Waals surface area contributed by atoms with Crippen LogP contribution in [0.25, 0.3) is 6.08 Å². The summed E-state index contributed by atoms with van der Waals surface area (Å²) in [6.07, 6.45) is 2.99. The predicted octanol–water partition coefficient (Wildman–Crippen LogP) is 3.83. The maximum Gasteiger partial charge on any atom is 0.265 e. The van der Waals surface area contributed by atoms with Gasteiger partial charge in [0.2, 0.25) is 0 Å². The summed E-state index contributed by atoms with van der Waals surface area (Å²) in [5.41, 5.74) is 1.10. The lowest BCUT2D eigenvalue weighted by molar-refractivity contribution is -0.128. The van der Waals surface area contributed by atoms with Crippen LogP contribution >= 0.6 is 47.2 Å². The number of nitrogens with one attached hydrogen (secondary N) is 1. The third kappa shape index (κ3) is 4.72. The second-order valence-corrected chi connectivity index (χ2v) is 8.27. The molecule has 2 aromatic rings. The molecule has 2 amide bonds. The van der Waals surface area contributed by atoms with Gasteiger partial charge in [-0.2, -0.15) is 5.10 Å². The average molecular weight is 467 g/mol. The van der Waals surface area contributed by atoms with Gasteiger partial charge in [-0.3, -0.25) is 24.5 Å². The van der Waals surface area contributed by atoms with Crippen LogP contribution in [0.5, 0.6) is 0 Å². The number of nitrogens with zero attached hydrogens (tertiary/aromatic N) is 3. The van der Waals surface area contributed by atoms with Gasteiger partial charge in [-0.15, -0.1) is 18.3 Å². The minimum absolute atomic E-state index is 0.0489. The first-order valence-corrected chi connectivity index (χ1v) is 10.6. The number of benzene rings is 1. The Morgan fingerprint density at radius 2 is 1.97 bits per heavy atom. The molecule has 6 nitrogen and oxygen atoms in total. The largest absolute Gasteiger partial charge is 0.298 e. The number of amides is 2. The summed E-state index contributed by atoms with van der Waals surface area (Å²) in [6.45, 7) is 3.80. The number of aryl methyl sites for hydroxylation is 1. The summed E-state index contributed by atoms with van der Waals surface area (Å²) >= 11 is 18.9. The van der Waals surface area contributed by atoms with Gasteiger partial charge in [0.05, 0.1) is 5.69 Å². The second-order valence-electron chi connectivity index (χ2n) is 6.04. The summed E-state index contributed by atoms with van der Waals surface area (Å²) in [6, 6.07) is 7.42. The van der Waals surface area contributed by atoms with E-state index in [4.69, 9.17) is 35.4 Å². The highest BCUT2D eigenvalue weighted by Gasteiger charge is 2.33. The monoisotopic (exact) mass is 466 g/mol. The van der Waals surface area contributed by atoms with Crippen molar-refractivity contribution < 1.29 is 9.59 Å². The third-order valence-electron chi connectivity index (χ3n) is 4.06. The van der Waals surface area contributed by atoms with Crippen LogP contribution in [0, 0.1) is 0 Å². The Bertz CT molecular complexity index is 1030. The fraction of sp³-hybridized carbons (Fsp3) is 0.158. The van der Waals surface area contributed by atoms with Crippen molar-refractivity contribution in [2.24, 2.45) is 7.05 Å². The normalized spacial score (nSPS) is 15.8. The van der Waals surface area contributed by atoms with Crippen molar-refractivity contribution >= 4 is 70.2 Å². The molecule has 0 radical (unpaired) electrons. The van der Waals surface area contributed by atoms with Gasteiger partial charge >= 0.3 is 0 Å². The van der Waals surface area contributed by atoms with E-state index in [1.54, 1.807) is 19.2 Å². The van der Waals surface area contributed by atoms with Crippen molar-refractivity contribution in [2.45, 2.75) is 10.6 Å². The Kier molecular flexibility index (Phi) is 6.79. The van der Waals surface area contributed by atoms with Crippen LogP contribution < -0.4 is 5.32 Å². The summed E-state index contributed by atoms with van der Waals surface area (Å²) < 4.78 is 1.50. The number of aromatic nitrogens is 2. The zero-order valence-corrected chi connectivity index (χ0v) is 18.5. The molecule has 150 valence electrons. The summed E-state index contributed by atoms with van der Waals surface area (Å²) in [5.74, 6) is -0.585. The minimum Gasteiger partial charge on any atom is -0.298 e. The molecule has 0 spiro atoms. The second kappa shape index (κ2) is 9.13. The summed E-state index contributed by atoms with van der Waals surface area (Å²) in [7, 11) is 1.70. The predicted molar refractivity (Wildman–Crippen MR) is 120 cm³/mol. The highest BCUT2D eigenvalue weighted by Crippen LogP contribution is 2.30. The maximum absolute atomic E-state index is 12.8. The molecule has 1 aromatic heterocycles. The van der Waals surface area contributed by atoms with Gasteiger partial charge in [-0.05, 0) is 42.6 Å². The third-order valence-corrected chi connectivity index (χ3v) is 6.11. The van der Waals surface area contributed by atoms with E-state index in [2.05, 4.69) is 17.0 Å². The maximum atomic E-state index is 12.8. The minimum atomic E-state index is -0.573. The van der Waals surface area contributed by atoms with Crippen LogP contribution in [0.15, 0.2) is 47.4 Å². The molecule has 0 unspecified atom stereocenters. The number of thiocarbonyl (C=S) groups is 1. The highest BCUT2D eigenvalue weighted by atomic mass is 35.5. The van der Waals surface area contributed by atoms with Crippen molar-refractivity contribution in [3.8, 4) is 0 Å². The number of hydrogen-bond donors (Lipinski definition) is 1. The van der Waals surface area contributed by atoms with Gasteiger partial charge in [0.25, 0.3) is 11.8 Å². The molecule has 0 bridgehead atoms. The van der Waals surface area contributed by atoms with E-state index in [1.165, 1.54) is 33.5 Å². The Balaban J connectivity index is 1.92. The van der Waals surface area contributed by atoms with Gasteiger partial charge < -0.3 is 0 Å². The molecule has 2 heterocycles. The lowest BCUT2D eigenvalue weighted by Crippen LogP contribution is -2.53. The molecule has 3 rings (SSSR count). The molecule has 1 aromatic carbocycles. The molecule has 1 N–H and O–H groups in total. The molecule has 1 saturated heterocycles. The lowest BCUT2D eigenvalue weighted by atomic mass is 10.1. The number of rotatable bonds is 6. The zero-order chi connectivity index (χ0) is 21.1. The fourth-order valence-electron chi connectivity index (χ4n) is 2.64. The molecule has 29 heavy (non-hydrogen) atoms. The average Bonchev–Trinajstić information content (AvgIpc) is 2.95. The zero-order valence-electron chi connectivity index (χ0n) is 15.3. The van der Waals surface area contributed by atoms with Gasteiger partial charge in [0.15, 0.2) is 5.11 Å². The van der Waals surface area contributed by atoms with E-state index in [0.29, 0.717) is 27.2 Å². The summed E-state index contributed by atoms with van der Waals surface area (Å²) in [5, 5.41) is 7.97. The Morgan fingerprint density at radius 1 is 1.28 bits per heavy atom. The molecular weight excluding hydrogens is 451 g/mol. The van der Waals surface area contributed by atoms with Gasteiger partial charge in [0.1, 0.15) is 10.7 Å². The number of hydrogen-bond acceptors (Lipinski definition) is 5. The van der Waals surface area contributed by atoms with Crippen LogP contribution in [0.3, 0.4) is 0 Å². The van der Waals surface area contributed by atoms with E-state index >= 15 is 0 Å². The first kappa shape index (κ1) is 21.6. The number of halogens is 2. The van der Waals surface area contributed by atoms with Crippen molar-refractivity contribution in [1.82, 2.24) is 20.0 Å². The van der Waals surface area contributed by atoms with Crippen LogP contribution in [0.1, 0.15) is 11.3 Å². The molecule has 0 aliphatic carbocycles. The topological polar surface area (TPSA) is 67.2 Å². The van der Waals surface area contributed by atoms with E-state index in [-0.39, 0.29) is 17.2 Å². The quantitative estimate of drug-likeness (QED) is 0.230. The van der Waals surface area contributed by atoms with Crippen molar-refractivity contribution in [3.05, 3.63) is 63.9 Å². The van der Waals surface area contributed by atoms with Crippen LogP contribution in [0.2, 0.25) is 10.2 Å². The molecule has 1 fully saturated rings. The van der Waals surface area contributed by atoms with E-state index in [0.717, 1.165) is 4.90 Å². The van der Waals surface area contributed by atoms with Crippen molar-refractivity contribution in [1.29, 1.82) is 0 Å². The Hall–Kier alpha value is -2.13. The van der Waals surface area contributed by atoms with E-state index < -0.39 is 11.8 Å². The molecule has 1 aliphatic rings. The van der Waals surface area contributed by atoms with E-state index in [1.807, 2.05) is 12.1 Å². The molecular formula is C19H16Cl2N4O2S2. The lowest BCUT2D eigenvalue weighted by Gasteiger charge is -2.27. The van der Waals surface area contributed by atoms with Gasteiger partial charge in [-0.1, -0.05) is 29.3 Å². The molecule has 0 saturated carbocycles.